The highest BCUT2D eigenvalue weighted by Crippen LogP contribution is 2.37. The Labute approximate surface area is 202 Å². The third kappa shape index (κ3) is 6.51. The van der Waals surface area contributed by atoms with Gasteiger partial charge in [-0.05, 0) is 74.7 Å². The molecular formula is C26H35NO6S. The van der Waals surface area contributed by atoms with Crippen LogP contribution in [0, 0.1) is 5.92 Å². The summed E-state index contributed by atoms with van der Waals surface area (Å²) in [5.74, 6) is -0.330. The fraction of sp³-hybridized carbons (Fsp3) is 0.500. The molecule has 0 bridgehead atoms. The van der Waals surface area contributed by atoms with Gasteiger partial charge in [0.1, 0.15) is 16.7 Å². The van der Waals surface area contributed by atoms with Crippen molar-refractivity contribution in [3.63, 3.8) is 0 Å². The van der Waals surface area contributed by atoms with Crippen molar-refractivity contribution in [2.75, 3.05) is 26.9 Å². The van der Waals surface area contributed by atoms with Gasteiger partial charge in [0.2, 0.25) is 0 Å². The van der Waals surface area contributed by atoms with E-state index >= 15 is 0 Å². The molecule has 0 aromatic heterocycles. The fourth-order valence-corrected chi connectivity index (χ4v) is 6.28. The summed E-state index contributed by atoms with van der Waals surface area (Å²) in [6.45, 7) is 5.04. The van der Waals surface area contributed by atoms with Crippen LogP contribution in [-0.4, -0.2) is 47.3 Å². The highest BCUT2D eigenvalue weighted by atomic mass is 32.2. The molecule has 0 spiro atoms. The third-order valence-electron chi connectivity index (χ3n) is 6.17. The monoisotopic (exact) mass is 489 g/mol. The second-order valence-corrected chi connectivity index (χ2v) is 10.6. The molecule has 0 saturated carbocycles. The first-order valence-electron chi connectivity index (χ1n) is 11.9. The van der Waals surface area contributed by atoms with E-state index in [0.717, 1.165) is 19.4 Å². The van der Waals surface area contributed by atoms with E-state index in [1.807, 2.05) is 6.07 Å². The molecule has 2 aromatic rings. The summed E-state index contributed by atoms with van der Waals surface area (Å²) in [5.41, 5.74) is 0.490. The Balaban J connectivity index is 1.86. The van der Waals surface area contributed by atoms with Gasteiger partial charge in [0.15, 0.2) is 9.84 Å². The van der Waals surface area contributed by atoms with Crippen LogP contribution in [0.3, 0.4) is 0 Å². The number of nitrogens with one attached hydrogen (secondary N) is 1. The molecule has 1 heterocycles. The van der Waals surface area contributed by atoms with Crippen molar-refractivity contribution in [2.45, 2.75) is 55.7 Å². The van der Waals surface area contributed by atoms with Crippen LogP contribution < -0.4 is 14.8 Å². The number of carbonyl (C=O) groups is 1. The lowest BCUT2D eigenvalue weighted by molar-refractivity contribution is -0.147. The molecular weight excluding hydrogens is 454 g/mol. The second-order valence-electron chi connectivity index (χ2n) is 8.54. The third-order valence-corrected chi connectivity index (χ3v) is 8.45. The van der Waals surface area contributed by atoms with Crippen LogP contribution in [0.25, 0.3) is 0 Å². The van der Waals surface area contributed by atoms with E-state index in [-0.39, 0.29) is 11.5 Å². The molecule has 1 aliphatic heterocycles. The Hall–Kier alpha value is -2.58. The van der Waals surface area contributed by atoms with Crippen LogP contribution in [0.4, 0.5) is 0 Å². The van der Waals surface area contributed by atoms with E-state index in [1.54, 1.807) is 44.2 Å². The lowest BCUT2D eigenvalue weighted by Gasteiger charge is -2.25. The molecule has 7 nitrogen and oxygen atoms in total. The summed E-state index contributed by atoms with van der Waals surface area (Å²) in [4.78, 5) is 12.7. The van der Waals surface area contributed by atoms with Gasteiger partial charge < -0.3 is 19.5 Å². The zero-order valence-corrected chi connectivity index (χ0v) is 21.0. The fourth-order valence-electron chi connectivity index (χ4n) is 4.32. The average molecular weight is 490 g/mol. The number of esters is 1. The van der Waals surface area contributed by atoms with Gasteiger partial charge in [-0.15, -0.1) is 0 Å². The molecule has 1 fully saturated rings. The first kappa shape index (κ1) is 26.0. The molecule has 1 N–H and O–H groups in total. The van der Waals surface area contributed by atoms with Crippen LogP contribution in [0.5, 0.6) is 11.5 Å². The zero-order chi connectivity index (χ0) is 24.6. The van der Waals surface area contributed by atoms with Crippen molar-refractivity contribution in [2.24, 2.45) is 5.92 Å². The molecule has 3 unspecified atom stereocenters. The Kier molecular flexibility index (Phi) is 9.36. The normalized spacial score (nSPS) is 18.0. The molecule has 3 atom stereocenters. The number of carbonyl (C=O) groups excluding carboxylic acids is 1. The van der Waals surface area contributed by atoms with Gasteiger partial charge in [-0.2, -0.15) is 0 Å². The Morgan fingerprint density at radius 3 is 2.53 bits per heavy atom. The van der Waals surface area contributed by atoms with Gasteiger partial charge in [-0.1, -0.05) is 25.5 Å². The van der Waals surface area contributed by atoms with Gasteiger partial charge >= 0.3 is 5.97 Å². The van der Waals surface area contributed by atoms with Gasteiger partial charge in [-0.25, -0.2) is 8.42 Å². The van der Waals surface area contributed by atoms with Crippen molar-refractivity contribution in [3.8, 4) is 11.5 Å². The van der Waals surface area contributed by atoms with Crippen molar-refractivity contribution >= 4 is 15.8 Å². The maximum atomic E-state index is 13.7. The number of methoxy groups -OCH3 is 1. The number of sulfone groups is 1. The van der Waals surface area contributed by atoms with E-state index in [9.17, 15) is 13.2 Å². The maximum Gasteiger partial charge on any atom is 0.310 e. The van der Waals surface area contributed by atoms with Crippen molar-refractivity contribution in [1.29, 1.82) is 0 Å². The minimum Gasteiger partial charge on any atom is -0.497 e. The molecule has 2 aromatic carbocycles. The van der Waals surface area contributed by atoms with E-state index in [0.29, 0.717) is 29.7 Å². The second kappa shape index (κ2) is 12.2. The summed E-state index contributed by atoms with van der Waals surface area (Å²) < 4.78 is 43.7. The smallest absolute Gasteiger partial charge is 0.310 e. The standard InChI is InChI=1S/C26H35NO6S/c1-4-32-26(28)19(2)25(34(29,30)24-13-11-22(31-3)12-14-24)20-8-7-10-23(18-20)33-17-15-21-9-5-6-16-27-21/h7-8,10-14,18-19,21,25,27H,4-6,9,15-17H2,1-3H3. The van der Waals surface area contributed by atoms with Crippen LogP contribution in [0.1, 0.15) is 50.3 Å². The molecule has 3 rings (SSSR count). The predicted octanol–water partition coefficient (Wildman–Crippen LogP) is 4.32. The first-order chi connectivity index (χ1) is 16.4. The highest BCUT2D eigenvalue weighted by molar-refractivity contribution is 7.91. The molecule has 0 amide bonds. The summed E-state index contributed by atoms with van der Waals surface area (Å²) in [6.07, 6.45) is 4.46. The molecule has 186 valence electrons. The lowest BCUT2D eigenvalue weighted by atomic mass is 10.00. The van der Waals surface area contributed by atoms with Gasteiger partial charge in [0.25, 0.3) is 0 Å². The molecule has 8 heteroatoms. The SMILES string of the molecule is CCOC(=O)C(C)C(c1cccc(OCCC2CCCCN2)c1)S(=O)(=O)c1ccc(OC)cc1. The minimum absolute atomic E-state index is 0.115. The van der Waals surface area contributed by atoms with Crippen LogP contribution in [-0.2, 0) is 19.4 Å². The summed E-state index contributed by atoms with van der Waals surface area (Å²) in [5, 5.41) is 2.38. The number of piperidine rings is 1. The van der Waals surface area contributed by atoms with E-state index in [2.05, 4.69) is 5.32 Å². The van der Waals surface area contributed by atoms with E-state index in [4.69, 9.17) is 14.2 Å². The van der Waals surface area contributed by atoms with E-state index < -0.39 is 27.0 Å². The Morgan fingerprint density at radius 2 is 1.88 bits per heavy atom. The number of hydrogen-bond acceptors (Lipinski definition) is 7. The van der Waals surface area contributed by atoms with Crippen LogP contribution in [0.2, 0.25) is 0 Å². The summed E-state index contributed by atoms with van der Waals surface area (Å²) in [7, 11) is -2.40. The quantitative estimate of drug-likeness (QED) is 0.470. The largest absolute Gasteiger partial charge is 0.497 e. The topological polar surface area (TPSA) is 90.9 Å². The number of hydrogen-bond donors (Lipinski definition) is 1. The van der Waals surface area contributed by atoms with Crippen LogP contribution >= 0.6 is 0 Å². The highest BCUT2D eigenvalue weighted by Gasteiger charge is 2.38. The minimum atomic E-state index is -3.92. The van der Waals surface area contributed by atoms with Gasteiger partial charge in [-0.3, -0.25) is 4.79 Å². The maximum absolute atomic E-state index is 13.7. The number of rotatable bonds is 11. The summed E-state index contributed by atoms with van der Waals surface area (Å²) in [6, 6.07) is 13.6. The van der Waals surface area contributed by atoms with Crippen LogP contribution in [0.15, 0.2) is 53.4 Å². The molecule has 34 heavy (non-hydrogen) atoms. The summed E-state index contributed by atoms with van der Waals surface area (Å²) >= 11 is 0. The lowest BCUT2D eigenvalue weighted by Crippen LogP contribution is -2.35. The van der Waals surface area contributed by atoms with Crippen molar-refractivity contribution in [1.82, 2.24) is 5.32 Å². The van der Waals surface area contributed by atoms with Gasteiger partial charge in [0.05, 0.1) is 31.1 Å². The average Bonchev–Trinajstić information content (AvgIpc) is 2.85. The predicted molar refractivity (Wildman–Crippen MR) is 131 cm³/mol. The Morgan fingerprint density at radius 1 is 1.12 bits per heavy atom. The number of benzene rings is 2. The van der Waals surface area contributed by atoms with Crippen molar-refractivity contribution < 1.29 is 27.4 Å². The number of ether oxygens (including phenoxy) is 3. The first-order valence-corrected chi connectivity index (χ1v) is 13.4. The molecule has 1 aliphatic rings. The zero-order valence-electron chi connectivity index (χ0n) is 20.2. The molecule has 0 aliphatic carbocycles. The molecule has 1 saturated heterocycles. The van der Waals surface area contributed by atoms with Gasteiger partial charge in [0, 0.05) is 6.04 Å². The van der Waals surface area contributed by atoms with Crippen molar-refractivity contribution in [3.05, 3.63) is 54.1 Å². The molecule has 0 radical (unpaired) electrons. The Bertz CT molecular complexity index is 1030. The van der Waals surface area contributed by atoms with E-state index in [1.165, 1.54) is 32.1 Å².